The predicted molar refractivity (Wildman–Crippen MR) is 57.3 cm³/mol. The molecule has 1 saturated carbocycles. The molecule has 5 nitrogen and oxygen atoms in total. The Morgan fingerprint density at radius 1 is 1.73 bits per heavy atom. The van der Waals surface area contributed by atoms with Crippen LogP contribution in [0.5, 0.6) is 0 Å². The fraction of sp³-hybridized carbons (Fsp3) is 0.600. The Hall–Kier alpha value is -1.36. The van der Waals surface area contributed by atoms with Crippen LogP contribution in [0.15, 0.2) is 12.4 Å². The van der Waals surface area contributed by atoms with Crippen molar-refractivity contribution in [3.63, 3.8) is 0 Å². The zero-order chi connectivity index (χ0) is 11.0. The normalized spacial score (nSPS) is 24.3. The third-order valence-corrected chi connectivity index (χ3v) is 2.57. The topological polar surface area (TPSA) is 72.9 Å². The van der Waals surface area contributed by atoms with Crippen LogP contribution in [0.1, 0.15) is 26.3 Å². The van der Waals surface area contributed by atoms with Gasteiger partial charge in [-0.25, -0.2) is 0 Å². The number of carbonyl (C=O) groups excluding carboxylic acids is 1. The highest BCUT2D eigenvalue weighted by atomic mass is 16.2. The first-order valence-corrected chi connectivity index (χ1v) is 5.18. The van der Waals surface area contributed by atoms with Crippen molar-refractivity contribution in [2.45, 2.75) is 32.4 Å². The van der Waals surface area contributed by atoms with Crippen LogP contribution in [0.3, 0.4) is 0 Å². The van der Waals surface area contributed by atoms with Gasteiger partial charge in [-0.2, -0.15) is 5.10 Å². The van der Waals surface area contributed by atoms with Gasteiger partial charge >= 0.3 is 0 Å². The second-order valence-electron chi connectivity index (χ2n) is 4.30. The molecular weight excluding hydrogens is 192 g/mol. The molecule has 1 aliphatic rings. The van der Waals surface area contributed by atoms with Crippen molar-refractivity contribution < 1.29 is 4.79 Å². The van der Waals surface area contributed by atoms with E-state index in [1.54, 1.807) is 6.20 Å². The van der Waals surface area contributed by atoms with Crippen LogP contribution in [-0.2, 0) is 4.79 Å². The van der Waals surface area contributed by atoms with Crippen LogP contribution in [-0.4, -0.2) is 21.7 Å². The van der Waals surface area contributed by atoms with Gasteiger partial charge in [0.05, 0.1) is 17.8 Å². The number of carbonyl (C=O) groups is 1. The van der Waals surface area contributed by atoms with E-state index in [1.807, 2.05) is 24.7 Å². The number of nitrogens with zero attached hydrogens (tertiary/aromatic N) is 2. The summed E-state index contributed by atoms with van der Waals surface area (Å²) in [5.74, 6) is -0.00166. The lowest BCUT2D eigenvalue weighted by atomic mass is 10.3. The smallest absolute Gasteiger partial charge is 0.229 e. The maximum atomic E-state index is 11.5. The summed E-state index contributed by atoms with van der Waals surface area (Å²) in [7, 11) is 0. The number of nitrogens with one attached hydrogen (secondary N) is 1. The summed E-state index contributed by atoms with van der Waals surface area (Å²) in [4.78, 5) is 11.5. The molecule has 1 aromatic rings. The van der Waals surface area contributed by atoms with Gasteiger partial charge in [-0.3, -0.25) is 9.48 Å². The number of anilines is 1. The first-order chi connectivity index (χ1) is 7.08. The van der Waals surface area contributed by atoms with E-state index in [1.165, 1.54) is 0 Å². The minimum atomic E-state index is -0.00704. The van der Waals surface area contributed by atoms with Gasteiger partial charge in [0, 0.05) is 18.3 Å². The maximum absolute atomic E-state index is 11.5. The second kappa shape index (κ2) is 3.66. The number of nitrogens with two attached hydrogens (primary N) is 1. The largest absolute Gasteiger partial charge is 0.327 e. The molecule has 2 atom stereocenters. The molecule has 0 spiro atoms. The molecule has 0 aliphatic heterocycles. The molecule has 1 fully saturated rings. The van der Waals surface area contributed by atoms with E-state index >= 15 is 0 Å². The number of aromatic nitrogens is 2. The number of hydrogen-bond acceptors (Lipinski definition) is 3. The van der Waals surface area contributed by atoms with Gasteiger partial charge < -0.3 is 11.1 Å². The molecule has 1 aromatic heterocycles. The van der Waals surface area contributed by atoms with Crippen LogP contribution in [0.2, 0.25) is 0 Å². The molecule has 3 N–H and O–H groups in total. The molecule has 1 heterocycles. The standard InChI is InChI=1S/C10H16N4O/c1-6(2)14-5-7(4-12-14)13-10(15)8-3-9(8)11/h4-6,8-9H,3,11H2,1-2H3,(H,13,15). The van der Waals surface area contributed by atoms with E-state index in [0.29, 0.717) is 6.04 Å². The predicted octanol–water partition coefficient (Wildman–Crippen LogP) is 0.750. The van der Waals surface area contributed by atoms with Crippen molar-refractivity contribution in [2.75, 3.05) is 5.32 Å². The van der Waals surface area contributed by atoms with Gasteiger partial charge in [-0.15, -0.1) is 0 Å². The van der Waals surface area contributed by atoms with E-state index in [2.05, 4.69) is 10.4 Å². The Bertz CT molecular complexity index is 371. The van der Waals surface area contributed by atoms with E-state index in [0.717, 1.165) is 12.1 Å². The highest BCUT2D eigenvalue weighted by Crippen LogP contribution is 2.29. The summed E-state index contributed by atoms with van der Waals surface area (Å²) in [5.41, 5.74) is 6.34. The first-order valence-electron chi connectivity index (χ1n) is 5.18. The molecular formula is C10H16N4O. The summed E-state index contributed by atoms with van der Waals surface area (Å²) in [6.45, 7) is 4.07. The Kier molecular flexibility index (Phi) is 2.48. The molecule has 82 valence electrons. The molecule has 15 heavy (non-hydrogen) atoms. The van der Waals surface area contributed by atoms with Crippen molar-refractivity contribution in [1.82, 2.24) is 9.78 Å². The van der Waals surface area contributed by atoms with Gasteiger partial charge in [0.1, 0.15) is 0 Å². The van der Waals surface area contributed by atoms with Crippen molar-refractivity contribution in [3.8, 4) is 0 Å². The van der Waals surface area contributed by atoms with Gasteiger partial charge in [0.2, 0.25) is 5.91 Å². The zero-order valence-electron chi connectivity index (χ0n) is 8.97. The van der Waals surface area contributed by atoms with Crippen LogP contribution in [0.4, 0.5) is 5.69 Å². The third kappa shape index (κ3) is 2.18. The molecule has 5 heteroatoms. The van der Waals surface area contributed by atoms with Crippen molar-refractivity contribution in [3.05, 3.63) is 12.4 Å². The van der Waals surface area contributed by atoms with Crippen molar-refractivity contribution in [1.29, 1.82) is 0 Å². The number of hydrogen-bond donors (Lipinski definition) is 2. The number of rotatable bonds is 3. The van der Waals surface area contributed by atoms with E-state index in [9.17, 15) is 4.79 Å². The van der Waals surface area contributed by atoms with Crippen LogP contribution in [0.25, 0.3) is 0 Å². The molecule has 0 bridgehead atoms. The highest BCUT2D eigenvalue weighted by Gasteiger charge is 2.40. The Balaban J connectivity index is 1.96. The summed E-state index contributed by atoms with van der Waals surface area (Å²) in [6, 6.07) is 0.351. The fourth-order valence-corrected chi connectivity index (χ4v) is 1.44. The Morgan fingerprint density at radius 2 is 2.40 bits per heavy atom. The second-order valence-corrected chi connectivity index (χ2v) is 4.30. The minimum absolute atomic E-state index is 0.00538. The number of amides is 1. The lowest BCUT2D eigenvalue weighted by Gasteiger charge is -2.03. The van der Waals surface area contributed by atoms with E-state index < -0.39 is 0 Å². The molecule has 0 aromatic carbocycles. The van der Waals surface area contributed by atoms with Crippen LogP contribution < -0.4 is 11.1 Å². The van der Waals surface area contributed by atoms with Gasteiger partial charge in [0.25, 0.3) is 0 Å². The van der Waals surface area contributed by atoms with Crippen LogP contribution in [0, 0.1) is 5.92 Å². The Labute approximate surface area is 88.6 Å². The average Bonchev–Trinajstić information content (AvgIpc) is 2.73. The third-order valence-electron chi connectivity index (χ3n) is 2.57. The fourth-order valence-electron chi connectivity index (χ4n) is 1.44. The lowest BCUT2D eigenvalue weighted by Crippen LogP contribution is -2.18. The highest BCUT2D eigenvalue weighted by molar-refractivity contribution is 5.94. The molecule has 2 unspecified atom stereocenters. The van der Waals surface area contributed by atoms with E-state index in [-0.39, 0.29) is 17.9 Å². The molecule has 0 radical (unpaired) electrons. The summed E-state index contributed by atoms with van der Waals surface area (Å²) in [5, 5.41) is 6.95. The lowest BCUT2D eigenvalue weighted by molar-refractivity contribution is -0.117. The first kappa shape index (κ1) is 10.2. The van der Waals surface area contributed by atoms with Crippen LogP contribution >= 0.6 is 0 Å². The zero-order valence-corrected chi connectivity index (χ0v) is 8.97. The Morgan fingerprint density at radius 3 is 2.87 bits per heavy atom. The van der Waals surface area contributed by atoms with Gasteiger partial charge in [-0.1, -0.05) is 0 Å². The summed E-state index contributed by atoms with van der Waals surface area (Å²) >= 11 is 0. The van der Waals surface area contributed by atoms with E-state index in [4.69, 9.17) is 5.73 Å². The maximum Gasteiger partial charge on any atom is 0.229 e. The summed E-state index contributed by atoms with van der Waals surface area (Å²) < 4.78 is 1.81. The monoisotopic (exact) mass is 208 g/mol. The quantitative estimate of drug-likeness (QED) is 0.769. The van der Waals surface area contributed by atoms with Gasteiger partial charge in [0.15, 0.2) is 0 Å². The summed E-state index contributed by atoms with van der Waals surface area (Å²) in [6.07, 6.45) is 4.28. The molecule has 0 saturated heterocycles. The van der Waals surface area contributed by atoms with Crippen molar-refractivity contribution in [2.24, 2.45) is 11.7 Å². The average molecular weight is 208 g/mol. The van der Waals surface area contributed by atoms with Crippen molar-refractivity contribution >= 4 is 11.6 Å². The molecule has 1 aliphatic carbocycles. The minimum Gasteiger partial charge on any atom is -0.327 e. The SMILES string of the molecule is CC(C)n1cc(NC(=O)C2CC2N)cn1. The molecule has 1 amide bonds. The van der Waals surface area contributed by atoms with Gasteiger partial charge in [-0.05, 0) is 20.3 Å². The molecule has 2 rings (SSSR count).